The summed E-state index contributed by atoms with van der Waals surface area (Å²) in [6.07, 6.45) is 4.60. The molecule has 3 rings (SSSR count). The molecular weight excluding hydrogens is 290 g/mol. The first-order valence-corrected chi connectivity index (χ1v) is 7.53. The van der Waals surface area contributed by atoms with Gasteiger partial charge in [-0.2, -0.15) is 0 Å². The molecule has 23 heavy (non-hydrogen) atoms. The minimum atomic E-state index is -0.513. The predicted molar refractivity (Wildman–Crippen MR) is 89.7 cm³/mol. The molecule has 0 saturated carbocycles. The van der Waals surface area contributed by atoms with Crippen molar-refractivity contribution < 1.29 is 9.90 Å². The Morgan fingerprint density at radius 2 is 2.04 bits per heavy atom. The summed E-state index contributed by atoms with van der Waals surface area (Å²) in [4.78, 5) is 16.3. The molecule has 5 heteroatoms. The summed E-state index contributed by atoms with van der Waals surface area (Å²) >= 11 is 0. The third kappa shape index (κ3) is 2.44. The molecule has 3 aromatic rings. The summed E-state index contributed by atoms with van der Waals surface area (Å²) in [6, 6.07) is 5.28. The van der Waals surface area contributed by atoms with E-state index in [4.69, 9.17) is 5.73 Å². The number of fused-ring (bicyclic) bond motifs is 1. The second-order valence-electron chi connectivity index (χ2n) is 5.72. The predicted octanol–water partition coefficient (Wildman–Crippen LogP) is 2.99. The normalized spacial score (nSPS) is 11.1. The highest BCUT2D eigenvalue weighted by atomic mass is 16.3. The molecular formula is C18H19N3O2. The van der Waals surface area contributed by atoms with Gasteiger partial charge in [0.1, 0.15) is 11.4 Å². The van der Waals surface area contributed by atoms with E-state index in [2.05, 4.69) is 4.98 Å². The Morgan fingerprint density at radius 1 is 1.30 bits per heavy atom. The lowest BCUT2D eigenvalue weighted by molar-refractivity contribution is 0.100. The lowest BCUT2D eigenvalue weighted by Crippen LogP contribution is -2.13. The van der Waals surface area contributed by atoms with E-state index in [-0.39, 0.29) is 5.75 Å². The fourth-order valence-electron chi connectivity index (χ4n) is 2.92. The van der Waals surface area contributed by atoms with E-state index in [1.165, 1.54) is 0 Å². The Hall–Kier alpha value is -2.82. The quantitative estimate of drug-likeness (QED) is 0.780. The summed E-state index contributed by atoms with van der Waals surface area (Å²) in [5, 5.41) is 10.0. The highest BCUT2D eigenvalue weighted by Gasteiger charge is 2.16. The van der Waals surface area contributed by atoms with E-state index in [0.29, 0.717) is 11.2 Å². The number of carbonyl (C=O) groups excluding carboxylic acids is 1. The van der Waals surface area contributed by atoms with Crippen LogP contribution in [-0.2, 0) is 6.42 Å². The highest BCUT2D eigenvalue weighted by molar-refractivity contribution is 6.00. The fraction of sp³-hybridized carbons (Fsp3) is 0.222. The molecule has 3 N–H and O–H groups in total. The Bertz CT molecular complexity index is 926. The van der Waals surface area contributed by atoms with Crippen LogP contribution in [0.4, 0.5) is 0 Å². The minimum absolute atomic E-state index is 0.228. The Morgan fingerprint density at radius 3 is 2.70 bits per heavy atom. The van der Waals surface area contributed by atoms with Gasteiger partial charge in [-0.25, -0.2) is 4.98 Å². The topological polar surface area (TPSA) is 80.6 Å². The lowest BCUT2D eigenvalue weighted by Gasteiger charge is -2.13. The van der Waals surface area contributed by atoms with Crippen LogP contribution in [0, 0.1) is 13.8 Å². The van der Waals surface area contributed by atoms with Gasteiger partial charge < -0.3 is 15.2 Å². The second-order valence-corrected chi connectivity index (χ2v) is 5.72. The first-order valence-electron chi connectivity index (χ1n) is 7.53. The van der Waals surface area contributed by atoms with Crippen molar-refractivity contribution in [3.8, 4) is 16.9 Å². The number of rotatable bonds is 3. The molecule has 0 aliphatic rings. The van der Waals surface area contributed by atoms with Gasteiger partial charge in [-0.3, -0.25) is 4.79 Å². The zero-order valence-electron chi connectivity index (χ0n) is 13.4. The van der Waals surface area contributed by atoms with Gasteiger partial charge in [0.25, 0.3) is 5.91 Å². The molecule has 1 amide bonds. The smallest absolute Gasteiger partial charge is 0.252 e. The number of nitrogens with zero attached hydrogens (tertiary/aromatic N) is 2. The van der Waals surface area contributed by atoms with Crippen LogP contribution in [0.5, 0.6) is 5.75 Å². The minimum Gasteiger partial charge on any atom is -0.508 e. The van der Waals surface area contributed by atoms with E-state index >= 15 is 0 Å². The second kappa shape index (κ2) is 5.43. The number of amides is 1. The van der Waals surface area contributed by atoms with Crippen molar-refractivity contribution >= 4 is 11.6 Å². The summed E-state index contributed by atoms with van der Waals surface area (Å²) in [5.74, 6) is -0.285. The number of phenolic OH excluding ortho intramolecular Hbond substituents is 1. The maximum Gasteiger partial charge on any atom is 0.252 e. The first-order chi connectivity index (χ1) is 10.9. The van der Waals surface area contributed by atoms with Crippen LogP contribution in [0.15, 0.2) is 30.6 Å². The van der Waals surface area contributed by atoms with Crippen LogP contribution in [0.25, 0.3) is 16.8 Å². The van der Waals surface area contributed by atoms with Gasteiger partial charge in [-0.05, 0) is 54.7 Å². The van der Waals surface area contributed by atoms with E-state index in [1.807, 2.05) is 43.6 Å². The maximum atomic E-state index is 11.9. The standard InChI is InChI=1S/C18H19N3O2/c1-4-13-9-21-8-12(7-14(17(19)23)18(21)20-13)16-10(2)5-6-15(22)11(16)3/h5-9,22H,4H2,1-3H3,(H2,19,23). The van der Waals surface area contributed by atoms with Gasteiger partial charge in [0.05, 0.1) is 11.3 Å². The maximum absolute atomic E-state index is 11.9. The molecule has 2 aromatic heterocycles. The van der Waals surface area contributed by atoms with Crippen LogP contribution in [-0.4, -0.2) is 20.4 Å². The number of nitrogens with two attached hydrogens (primary N) is 1. The van der Waals surface area contributed by atoms with Crippen molar-refractivity contribution in [2.75, 3.05) is 0 Å². The average Bonchev–Trinajstić information content (AvgIpc) is 2.93. The third-order valence-corrected chi connectivity index (χ3v) is 4.16. The van der Waals surface area contributed by atoms with Gasteiger partial charge in [0, 0.05) is 12.4 Å². The number of hydrogen-bond donors (Lipinski definition) is 2. The van der Waals surface area contributed by atoms with Gasteiger partial charge in [-0.1, -0.05) is 13.0 Å². The zero-order valence-corrected chi connectivity index (χ0v) is 13.4. The van der Waals surface area contributed by atoms with Crippen molar-refractivity contribution in [1.82, 2.24) is 9.38 Å². The fourth-order valence-corrected chi connectivity index (χ4v) is 2.92. The van der Waals surface area contributed by atoms with Crippen LogP contribution in [0.2, 0.25) is 0 Å². The Labute approximate surface area is 134 Å². The summed E-state index contributed by atoms with van der Waals surface area (Å²) in [7, 11) is 0. The molecule has 0 radical (unpaired) electrons. The first kappa shape index (κ1) is 15.1. The summed E-state index contributed by atoms with van der Waals surface area (Å²) in [5.41, 5.74) is 10.9. The Balaban J connectivity index is 2.35. The zero-order chi connectivity index (χ0) is 16.7. The highest BCUT2D eigenvalue weighted by Crippen LogP contribution is 2.33. The van der Waals surface area contributed by atoms with Gasteiger partial charge in [-0.15, -0.1) is 0 Å². The molecule has 2 heterocycles. The Kier molecular flexibility index (Phi) is 3.56. The van der Waals surface area contributed by atoms with E-state index in [0.717, 1.165) is 34.4 Å². The van der Waals surface area contributed by atoms with Gasteiger partial charge >= 0.3 is 0 Å². The molecule has 0 aliphatic heterocycles. The number of pyridine rings is 1. The number of primary amides is 1. The molecule has 0 aliphatic carbocycles. The largest absolute Gasteiger partial charge is 0.508 e. The monoisotopic (exact) mass is 309 g/mol. The molecule has 118 valence electrons. The van der Waals surface area contributed by atoms with Crippen LogP contribution in [0.3, 0.4) is 0 Å². The van der Waals surface area contributed by atoms with E-state index < -0.39 is 5.91 Å². The van der Waals surface area contributed by atoms with Crippen LogP contribution in [0.1, 0.15) is 34.1 Å². The van der Waals surface area contributed by atoms with Crippen molar-refractivity contribution in [2.45, 2.75) is 27.2 Å². The number of carbonyl (C=O) groups is 1. The van der Waals surface area contributed by atoms with Crippen molar-refractivity contribution in [1.29, 1.82) is 0 Å². The number of benzene rings is 1. The molecule has 5 nitrogen and oxygen atoms in total. The van der Waals surface area contributed by atoms with Gasteiger partial charge in [0.15, 0.2) is 0 Å². The lowest BCUT2D eigenvalue weighted by atomic mass is 9.95. The number of imidazole rings is 1. The number of aromatic nitrogens is 2. The summed E-state index contributed by atoms with van der Waals surface area (Å²) < 4.78 is 1.83. The molecule has 0 spiro atoms. The van der Waals surface area contributed by atoms with E-state index in [9.17, 15) is 9.90 Å². The van der Waals surface area contributed by atoms with Crippen molar-refractivity contribution in [3.63, 3.8) is 0 Å². The molecule has 0 unspecified atom stereocenters. The number of aromatic hydroxyl groups is 1. The van der Waals surface area contributed by atoms with E-state index in [1.54, 1.807) is 12.1 Å². The van der Waals surface area contributed by atoms with Crippen molar-refractivity contribution in [2.24, 2.45) is 5.73 Å². The average molecular weight is 309 g/mol. The van der Waals surface area contributed by atoms with Crippen LogP contribution >= 0.6 is 0 Å². The van der Waals surface area contributed by atoms with Crippen LogP contribution < -0.4 is 5.73 Å². The SMILES string of the molecule is CCc1cn2cc(-c3c(C)ccc(O)c3C)cc(C(N)=O)c2n1. The molecule has 1 aromatic carbocycles. The summed E-state index contributed by atoms with van der Waals surface area (Å²) in [6.45, 7) is 5.84. The number of hydrogen-bond acceptors (Lipinski definition) is 3. The molecule has 0 bridgehead atoms. The number of phenols is 1. The molecule has 0 fully saturated rings. The molecule has 0 atom stereocenters. The number of aryl methyl sites for hydroxylation is 2. The third-order valence-electron chi connectivity index (χ3n) is 4.16. The van der Waals surface area contributed by atoms with Crippen molar-refractivity contribution in [3.05, 3.63) is 53.0 Å². The van der Waals surface area contributed by atoms with Gasteiger partial charge in [0.2, 0.25) is 0 Å². The molecule has 0 saturated heterocycles.